The molecule has 134 valence electrons. The van der Waals surface area contributed by atoms with Gasteiger partial charge in [0.1, 0.15) is 23.7 Å². The van der Waals surface area contributed by atoms with Crippen molar-refractivity contribution in [1.29, 1.82) is 0 Å². The molecule has 2 aromatic heterocycles. The first kappa shape index (κ1) is 17.1. The fraction of sp³-hybridized carbons (Fsp3) is 0.0500. The quantitative estimate of drug-likeness (QED) is 0.551. The molecule has 1 N–H and O–H groups in total. The summed E-state index contributed by atoms with van der Waals surface area (Å²) in [5.41, 5.74) is 1.89. The van der Waals surface area contributed by atoms with Crippen LogP contribution in [-0.4, -0.2) is 23.0 Å². The summed E-state index contributed by atoms with van der Waals surface area (Å²) in [7, 11) is 1.54. The van der Waals surface area contributed by atoms with Crippen molar-refractivity contribution in [2.75, 3.05) is 12.4 Å². The van der Waals surface area contributed by atoms with Gasteiger partial charge in [0.2, 0.25) is 0 Å². The molecule has 0 aliphatic carbocycles. The van der Waals surface area contributed by atoms with Crippen molar-refractivity contribution in [1.82, 2.24) is 9.97 Å². The number of carbonyl (C=O) groups excluding carboxylic acids is 1. The summed E-state index contributed by atoms with van der Waals surface area (Å²) < 4.78 is 10.5. The maximum atomic E-state index is 12.7. The lowest BCUT2D eigenvalue weighted by atomic mass is 10.1. The van der Waals surface area contributed by atoms with E-state index >= 15 is 0 Å². The van der Waals surface area contributed by atoms with Crippen LogP contribution >= 0.6 is 11.6 Å². The molecule has 2 heterocycles. The number of nitrogens with one attached hydrogen (secondary N) is 1. The fourth-order valence-electron chi connectivity index (χ4n) is 2.73. The molecule has 4 rings (SSSR count). The van der Waals surface area contributed by atoms with Crippen molar-refractivity contribution >= 4 is 34.2 Å². The predicted octanol–water partition coefficient (Wildman–Crippen LogP) is 4.80. The normalized spacial score (nSPS) is 10.7. The summed E-state index contributed by atoms with van der Waals surface area (Å²) >= 11 is 6.19. The van der Waals surface area contributed by atoms with Gasteiger partial charge in [0.05, 0.1) is 29.5 Å². The first-order chi connectivity index (χ1) is 13.2. The third-order valence-corrected chi connectivity index (χ3v) is 4.41. The highest BCUT2D eigenvalue weighted by atomic mass is 35.5. The number of ether oxygens (including phenoxy) is 1. The molecule has 1 amide bonds. The van der Waals surface area contributed by atoms with Crippen LogP contribution in [0.25, 0.3) is 22.2 Å². The minimum absolute atomic E-state index is 0.293. The minimum atomic E-state index is -0.369. The number of carbonyl (C=O) groups is 1. The zero-order valence-corrected chi connectivity index (χ0v) is 15.0. The van der Waals surface area contributed by atoms with Gasteiger partial charge in [-0.15, -0.1) is 0 Å². The Labute approximate surface area is 159 Å². The van der Waals surface area contributed by atoms with Crippen LogP contribution in [0.4, 0.5) is 5.82 Å². The van der Waals surface area contributed by atoms with Gasteiger partial charge in [0, 0.05) is 10.9 Å². The molecule has 0 aliphatic rings. The van der Waals surface area contributed by atoms with E-state index in [-0.39, 0.29) is 5.91 Å². The molecule has 0 spiro atoms. The number of methoxy groups -OCH3 is 1. The molecule has 27 heavy (non-hydrogen) atoms. The van der Waals surface area contributed by atoms with E-state index in [1.165, 1.54) is 13.4 Å². The lowest BCUT2D eigenvalue weighted by Crippen LogP contribution is -2.14. The Hall–Kier alpha value is -3.38. The summed E-state index contributed by atoms with van der Waals surface area (Å²) in [6, 6.07) is 14.2. The number of hydrogen-bond donors (Lipinski definition) is 1. The van der Waals surface area contributed by atoms with Gasteiger partial charge < -0.3 is 14.5 Å². The molecule has 0 bridgehead atoms. The van der Waals surface area contributed by atoms with E-state index < -0.39 is 0 Å². The highest BCUT2D eigenvalue weighted by molar-refractivity contribution is 6.34. The maximum Gasteiger partial charge on any atom is 0.258 e. The molecular formula is C20H14ClN3O3. The fourth-order valence-corrected chi connectivity index (χ4v) is 2.99. The van der Waals surface area contributed by atoms with Crippen molar-refractivity contribution in [2.45, 2.75) is 0 Å². The second-order valence-corrected chi connectivity index (χ2v) is 6.14. The Morgan fingerprint density at radius 2 is 2.04 bits per heavy atom. The minimum Gasteiger partial charge on any atom is -0.497 e. The Kier molecular flexibility index (Phi) is 4.48. The molecule has 0 aliphatic heterocycles. The molecule has 0 saturated carbocycles. The lowest BCUT2D eigenvalue weighted by molar-refractivity contribution is 0.102. The standard InChI is InChI=1S/C20H14ClN3O3/c1-26-13-5-6-14(16(21)10-13)20(25)24-19-15-9-12(18-3-2-8-27-18)4-7-17(15)22-11-23-19/h2-11H,1H3,(H,22,23,24,25). The van der Waals surface area contributed by atoms with E-state index in [0.29, 0.717) is 33.1 Å². The van der Waals surface area contributed by atoms with Gasteiger partial charge in [-0.2, -0.15) is 0 Å². The molecule has 0 fully saturated rings. The molecule has 0 radical (unpaired) electrons. The highest BCUT2D eigenvalue weighted by Gasteiger charge is 2.15. The Morgan fingerprint density at radius 1 is 1.15 bits per heavy atom. The van der Waals surface area contributed by atoms with E-state index in [1.54, 1.807) is 24.5 Å². The second-order valence-electron chi connectivity index (χ2n) is 5.73. The van der Waals surface area contributed by atoms with Crippen LogP contribution in [0.1, 0.15) is 10.4 Å². The number of nitrogens with zero attached hydrogens (tertiary/aromatic N) is 2. The second kappa shape index (κ2) is 7.09. The van der Waals surface area contributed by atoms with Crippen molar-refractivity contribution in [2.24, 2.45) is 0 Å². The lowest BCUT2D eigenvalue weighted by Gasteiger charge is -2.10. The number of aromatic nitrogens is 2. The largest absolute Gasteiger partial charge is 0.497 e. The third-order valence-electron chi connectivity index (χ3n) is 4.09. The number of rotatable bonds is 4. The predicted molar refractivity (Wildman–Crippen MR) is 103 cm³/mol. The van der Waals surface area contributed by atoms with Crippen LogP contribution in [-0.2, 0) is 0 Å². The number of amides is 1. The van der Waals surface area contributed by atoms with Crippen LogP contribution in [0.2, 0.25) is 5.02 Å². The van der Waals surface area contributed by atoms with Crippen molar-refractivity contribution in [3.05, 3.63) is 71.7 Å². The van der Waals surface area contributed by atoms with E-state index in [4.69, 9.17) is 20.8 Å². The van der Waals surface area contributed by atoms with Crippen molar-refractivity contribution in [3.63, 3.8) is 0 Å². The van der Waals surface area contributed by atoms with E-state index in [1.807, 2.05) is 30.3 Å². The molecule has 7 heteroatoms. The van der Waals surface area contributed by atoms with Crippen LogP contribution in [0.5, 0.6) is 5.75 Å². The maximum absolute atomic E-state index is 12.7. The van der Waals surface area contributed by atoms with Crippen LogP contribution in [0, 0.1) is 0 Å². The summed E-state index contributed by atoms with van der Waals surface area (Å²) in [5.74, 6) is 1.32. The Balaban J connectivity index is 1.71. The Morgan fingerprint density at radius 3 is 2.78 bits per heavy atom. The summed E-state index contributed by atoms with van der Waals surface area (Å²) in [6.45, 7) is 0. The van der Waals surface area contributed by atoms with Crippen LogP contribution in [0.15, 0.2) is 65.5 Å². The van der Waals surface area contributed by atoms with Crippen LogP contribution in [0.3, 0.4) is 0 Å². The first-order valence-electron chi connectivity index (χ1n) is 8.09. The molecule has 0 unspecified atom stereocenters. The smallest absolute Gasteiger partial charge is 0.258 e. The average Bonchev–Trinajstić information content (AvgIpc) is 3.22. The molecule has 2 aromatic carbocycles. The number of hydrogen-bond acceptors (Lipinski definition) is 5. The zero-order valence-electron chi connectivity index (χ0n) is 14.3. The number of furan rings is 1. The monoisotopic (exact) mass is 379 g/mol. The summed E-state index contributed by atoms with van der Waals surface area (Å²) in [4.78, 5) is 21.1. The van der Waals surface area contributed by atoms with Gasteiger partial charge in [-0.25, -0.2) is 9.97 Å². The first-order valence-corrected chi connectivity index (χ1v) is 8.47. The van der Waals surface area contributed by atoms with Crippen LogP contribution < -0.4 is 10.1 Å². The number of benzene rings is 2. The van der Waals surface area contributed by atoms with Gasteiger partial charge in [0.15, 0.2) is 0 Å². The number of anilines is 1. The number of fused-ring (bicyclic) bond motifs is 1. The van der Waals surface area contributed by atoms with Gasteiger partial charge in [-0.05, 0) is 48.5 Å². The van der Waals surface area contributed by atoms with Crippen molar-refractivity contribution < 1.29 is 13.9 Å². The number of halogens is 1. The van der Waals surface area contributed by atoms with Gasteiger partial charge in [-0.3, -0.25) is 4.79 Å². The zero-order chi connectivity index (χ0) is 18.8. The molecule has 4 aromatic rings. The highest BCUT2D eigenvalue weighted by Crippen LogP contribution is 2.28. The molecule has 0 atom stereocenters. The molecular weight excluding hydrogens is 366 g/mol. The topological polar surface area (TPSA) is 77.2 Å². The average molecular weight is 380 g/mol. The van der Waals surface area contributed by atoms with E-state index in [2.05, 4.69) is 15.3 Å². The summed E-state index contributed by atoms with van der Waals surface area (Å²) in [6.07, 6.45) is 3.01. The Bertz CT molecular complexity index is 1130. The SMILES string of the molecule is COc1ccc(C(=O)Nc2ncnc3ccc(-c4ccco4)cc23)c(Cl)c1. The summed E-state index contributed by atoms with van der Waals surface area (Å²) in [5, 5.41) is 3.80. The van der Waals surface area contributed by atoms with Gasteiger partial charge in [-0.1, -0.05) is 11.6 Å². The van der Waals surface area contributed by atoms with Crippen molar-refractivity contribution in [3.8, 4) is 17.1 Å². The molecule has 6 nitrogen and oxygen atoms in total. The van der Waals surface area contributed by atoms with E-state index in [9.17, 15) is 4.79 Å². The van der Waals surface area contributed by atoms with E-state index in [0.717, 1.165) is 11.3 Å². The van der Waals surface area contributed by atoms with Gasteiger partial charge >= 0.3 is 0 Å². The molecule has 0 saturated heterocycles. The van der Waals surface area contributed by atoms with Gasteiger partial charge in [0.25, 0.3) is 5.91 Å². The third kappa shape index (κ3) is 3.35.